The van der Waals surface area contributed by atoms with Crippen molar-refractivity contribution in [1.82, 2.24) is 19.8 Å². The number of carbonyl (C=O) groups excluding carboxylic acids is 1. The number of aromatic nitrogens is 2. The molecule has 0 spiro atoms. The van der Waals surface area contributed by atoms with E-state index in [0.717, 1.165) is 27.9 Å². The van der Waals surface area contributed by atoms with Crippen molar-refractivity contribution in [3.8, 4) is 5.69 Å². The summed E-state index contributed by atoms with van der Waals surface area (Å²) in [4.78, 5) is 18.9. The number of hydrogen-bond donors (Lipinski definition) is 1. The van der Waals surface area contributed by atoms with Crippen molar-refractivity contribution >= 4 is 23.3 Å². The molecule has 2 aromatic heterocycles. The van der Waals surface area contributed by atoms with Crippen LogP contribution in [0.15, 0.2) is 54.7 Å². The average molecular weight is 449 g/mol. The number of esters is 1. The van der Waals surface area contributed by atoms with Crippen molar-refractivity contribution in [3.05, 3.63) is 82.9 Å². The Kier molecular flexibility index (Phi) is 6.02. The predicted octanol–water partition coefficient (Wildman–Crippen LogP) is 4.66. The van der Waals surface area contributed by atoms with Gasteiger partial charge < -0.3 is 19.5 Å². The molecule has 0 amide bonds. The fraction of sp³-hybridized carbons (Fsp3) is 0.320. The minimum absolute atomic E-state index is 0.00106. The fourth-order valence-corrected chi connectivity index (χ4v) is 5.08. The Hall–Kier alpha value is -3.19. The van der Waals surface area contributed by atoms with E-state index in [-0.39, 0.29) is 24.1 Å². The van der Waals surface area contributed by atoms with Gasteiger partial charge in [0.1, 0.15) is 0 Å². The summed E-state index contributed by atoms with van der Waals surface area (Å²) in [5.41, 5.74) is 5.78. The molecular weight excluding hydrogens is 420 g/mol. The number of pyridine rings is 1. The molecule has 2 atom stereocenters. The molecule has 1 aliphatic heterocycles. The van der Waals surface area contributed by atoms with E-state index >= 15 is 0 Å². The molecule has 1 saturated heterocycles. The molecule has 1 fully saturated rings. The number of nitrogens with zero attached hydrogens (tertiary/aromatic N) is 3. The van der Waals surface area contributed by atoms with Crippen LogP contribution in [-0.4, -0.2) is 38.7 Å². The van der Waals surface area contributed by atoms with E-state index in [4.69, 9.17) is 17.0 Å². The Morgan fingerprint density at radius 3 is 2.59 bits per heavy atom. The first-order valence-corrected chi connectivity index (χ1v) is 11.1. The number of methoxy groups -OCH3 is 1. The van der Waals surface area contributed by atoms with Gasteiger partial charge in [-0.2, -0.15) is 0 Å². The highest BCUT2D eigenvalue weighted by molar-refractivity contribution is 7.80. The summed E-state index contributed by atoms with van der Waals surface area (Å²) >= 11 is 5.74. The number of carbonyl (C=O) groups is 1. The molecule has 1 aromatic carbocycles. The average Bonchev–Trinajstić information content (AvgIpc) is 3.29. The van der Waals surface area contributed by atoms with Crippen LogP contribution in [0.4, 0.5) is 0 Å². The van der Waals surface area contributed by atoms with E-state index in [9.17, 15) is 4.79 Å². The molecule has 0 aliphatic carbocycles. The van der Waals surface area contributed by atoms with Crippen molar-refractivity contribution in [2.45, 2.75) is 45.8 Å². The first kappa shape index (κ1) is 22.0. The maximum atomic E-state index is 12.1. The van der Waals surface area contributed by atoms with Crippen molar-refractivity contribution in [2.24, 2.45) is 0 Å². The normalized spacial score (nSPS) is 18.2. The molecule has 6 nitrogen and oxygen atoms in total. The van der Waals surface area contributed by atoms with Gasteiger partial charge in [-0.1, -0.05) is 12.1 Å². The van der Waals surface area contributed by atoms with E-state index in [1.165, 1.54) is 12.7 Å². The van der Waals surface area contributed by atoms with E-state index in [1.54, 1.807) is 6.07 Å². The molecule has 3 heterocycles. The van der Waals surface area contributed by atoms with E-state index in [0.29, 0.717) is 5.56 Å². The lowest BCUT2D eigenvalue weighted by Crippen LogP contribution is -2.35. The molecule has 1 aliphatic rings. The molecule has 4 rings (SSSR count). The Labute approximate surface area is 194 Å². The molecule has 0 saturated carbocycles. The Balaban J connectivity index is 1.84. The quantitative estimate of drug-likeness (QED) is 0.453. The molecule has 0 bridgehead atoms. The second-order valence-corrected chi connectivity index (χ2v) is 8.72. The summed E-state index contributed by atoms with van der Waals surface area (Å²) in [7, 11) is 1.40. The summed E-state index contributed by atoms with van der Waals surface area (Å²) in [6.07, 6.45) is 1.82. The number of ether oxygens (including phenoxy) is 1. The summed E-state index contributed by atoms with van der Waals surface area (Å²) < 4.78 is 7.08. The van der Waals surface area contributed by atoms with Crippen LogP contribution < -0.4 is 5.32 Å². The number of hydrogen-bond acceptors (Lipinski definition) is 4. The van der Waals surface area contributed by atoms with Gasteiger partial charge in [0, 0.05) is 29.3 Å². The maximum Gasteiger partial charge on any atom is 0.337 e. The first-order valence-electron chi connectivity index (χ1n) is 10.7. The van der Waals surface area contributed by atoms with Crippen molar-refractivity contribution in [1.29, 1.82) is 0 Å². The molecule has 0 unspecified atom stereocenters. The molecule has 32 heavy (non-hydrogen) atoms. The minimum atomic E-state index is -0.346. The topological polar surface area (TPSA) is 59.4 Å². The molecule has 7 heteroatoms. The van der Waals surface area contributed by atoms with E-state index < -0.39 is 0 Å². The van der Waals surface area contributed by atoms with Crippen molar-refractivity contribution in [2.75, 3.05) is 7.11 Å². The zero-order chi connectivity index (χ0) is 23.0. The van der Waals surface area contributed by atoms with Gasteiger partial charge in [0.15, 0.2) is 5.11 Å². The third-order valence-electron chi connectivity index (χ3n) is 6.01. The SMILES string of the molecule is COC(=O)c1cccc(-n2c(C)cc([C@@H]3[C@H](c4ccccn4)NC(=S)N3C(C)C)c2C)c1. The van der Waals surface area contributed by atoms with Gasteiger partial charge in [0.2, 0.25) is 0 Å². The van der Waals surface area contributed by atoms with Gasteiger partial charge in [0.25, 0.3) is 0 Å². The van der Waals surface area contributed by atoms with Gasteiger partial charge in [-0.15, -0.1) is 0 Å². The highest BCUT2D eigenvalue weighted by Gasteiger charge is 2.42. The smallest absolute Gasteiger partial charge is 0.337 e. The first-order chi connectivity index (χ1) is 15.3. The summed E-state index contributed by atoms with van der Waals surface area (Å²) in [6, 6.07) is 15.9. The molecule has 166 valence electrons. The number of thiocarbonyl (C=S) groups is 1. The van der Waals surface area contributed by atoms with E-state index in [1.807, 2.05) is 42.6 Å². The highest BCUT2D eigenvalue weighted by Crippen LogP contribution is 2.42. The second kappa shape index (κ2) is 8.74. The monoisotopic (exact) mass is 448 g/mol. The maximum absolute atomic E-state index is 12.1. The number of benzene rings is 1. The highest BCUT2D eigenvalue weighted by atomic mass is 32.1. The van der Waals surface area contributed by atoms with Gasteiger partial charge in [-0.25, -0.2) is 4.79 Å². The second-order valence-electron chi connectivity index (χ2n) is 8.33. The Bertz CT molecular complexity index is 1160. The Morgan fingerprint density at radius 2 is 1.94 bits per heavy atom. The lowest BCUT2D eigenvalue weighted by molar-refractivity contribution is 0.0600. The number of aryl methyl sites for hydroxylation is 1. The van der Waals surface area contributed by atoms with Gasteiger partial charge >= 0.3 is 5.97 Å². The van der Waals surface area contributed by atoms with Gasteiger partial charge in [0.05, 0.1) is 30.5 Å². The van der Waals surface area contributed by atoms with Crippen LogP contribution in [0, 0.1) is 13.8 Å². The lowest BCUT2D eigenvalue weighted by atomic mass is 9.96. The van der Waals surface area contributed by atoms with Crippen LogP contribution >= 0.6 is 12.2 Å². The predicted molar refractivity (Wildman–Crippen MR) is 129 cm³/mol. The third kappa shape index (κ3) is 3.77. The van der Waals surface area contributed by atoms with Crippen LogP contribution in [0.2, 0.25) is 0 Å². The van der Waals surface area contributed by atoms with Crippen LogP contribution in [0.1, 0.15) is 58.9 Å². The van der Waals surface area contributed by atoms with Crippen molar-refractivity contribution < 1.29 is 9.53 Å². The fourth-order valence-electron chi connectivity index (χ4n) is 4.63. The molecule has 0 radical (unpaired) electrons. The molecule has 3 aromatic rings. The standard InChI is InChI=1S/C25H28N4O2S/c1-15(2)28-23(22(27-25(28)32)21-11-6-7-12-26-21)20-13-16(3)29(17(20)4)19-10-8-9-18(14-19)24(30)31-5/h6-15,22-23H,1-5H3,(H,27,32)/t22-,23+/m0/s1. The summed E-state index contributed by atoms with van der Waals surface area (Å²) in [5, 5.41) is 4.24. The number of nitrogens with one attached hydrogen (secondary N) is 1. The van der Waals surface area contributed by atoms with Crippen LogP contribution in [-0.2, 0) is 4.74 Å². The zero-order valence-corrected chi connectivity index (χ0v) is 19.8. The van der Waals surface area contributed by atoms with Gasteiger partial charge in [-0.3, -0.25) is 4.98 Å². The summed E-state index contributed by atoms with van der Waals surface area (Å²) in [5.74, 6) is -0.346. The number of rotatable bonds is 5. The van der Waals surface area contributed by atoms with Crippen molar-refractivity contribution in [3.63, 3.8) is 0 Å². The summed E-state index contributed by atoms with van der Waals surface area (Å²) in [6.45, 7) is 8.50. The molecule has 1 N–H and O–H groups in total. The van der Waals surface area contributed by atoms with Crippen LogP contribution in [0.5, 0.6) is 0 Å². The van der Waals surface area contributed by atoms with Crippen LogP contribution in [0.3, 0.4) is 0 Å². The van der Waals surface area contributed by atoms with Gasteiger partial charge in [-0.05, 0) is 81.9 Å². The minimum Gasteiger partial charge on any atom is -0.465 e. The lowest BCUT2D eigenvalue weighted by Gasteiger charge is -2.31. The Morgan fingerprint density at radius 1 is 1.16 bits per heavy atom. The third-order valence-corrected chi connectivity index (χ3v) is 6.33. The zero-order valence-electron chi connectivity index (χ0n) is 19.0. The van der Waals surface area contributed by atoms with Crippen LogP contribution in [0.25, 0.3) is 5.69 Å². The molecular formula is C25H28N4O2S. The van der Waals surface area contributed by atoms with E-state index in [2.05, 4.69) is 53.5 Å². The largest absolute Gasteiger partial charge is 0.465 e.